The number of anilines is 1. The largest absolute Gasteiger partial charge is 0.416 e. The van der Waals surface area contributed by atoms with Gasteiger partial charge in [0.05, 0.1) is 24.9 Å². The molecule has 196 valence electrons. The van der Waals surface area contributed by atoms with Gasteiger partial charge in [-0.15, -0.1) is 0 Å². The third-order valence-electron chi connectivity index (χ3n) is 7.18. The molecule has 1 aliphatic heterocycles. The maximum Gasteiger partial charge on any atom is 0.416 e. The van der Waals surface area contributed by atoms with Crippen LogP contribution in [0.15, 0.2) is 42.0 Å². The van der Waals surface area contributed by atoms with Gasteiger partial charge in [0.2, 0.25) is 0 Å². The number of alkyl halides is 3. The van der Waals surface area contributed by atoms with E-state index in [1.807, 2.05) is 0 Å². The first-order chi connectivity index (χ1) is 17.1. The van der Waals surface area contributed by atoms with Crippen molar-refractivity contribution in [2.45, 2.75) is 45.4 Å². The molecule has 0 radical (unpaired) electrons. The summed E-state index contributed by atoms with van der Waals surface area (Å²) in [6, 6.07) is 9.69. The number of aliphatic hydroxyl groups is 1. The summed E-state index contributed by atoms with van der Waals surface area (Å²) in [5, 5.41) is 11.3. The van der Waals surface area contributed by atoms with Crippen LogP contribution in [0, 0.1) is 13.8 Å². The molecular formula is C28H34ClF3N2O2. The Balaban J connectivity index is 1.23. The fourth-order valence-electron chi connectivity index (χ4n) is 4.93. The van der Waals surface area contributed by atoms with Crippen molar-refractivity contribution in [1.29, 1.82) is 0 Å². The molecule has 2 aromatic rings. The van der Waals surface area contributed by atoms with Crippen LogP contribution in [0.1, 0.15) is 40.7 Å². The standard InChI is InChI=1S/C28H34ClF3N2O2/c1-19-14-21-4-3-5-22(27(29)26(21)15-20(19)2)17-36-18-25(35)16-33-10-12-34(13-11-33)24-8-6-23(7-9-24)28(30,31)32/h6-9,14-15,25,35H,3-5,10-13,16-18H2,1-2H3. The highest BCUT2D eigenvalue weighted by molar-refractivity contribution is 6.49. The number of aryl methyl sites for hydroxylation is 3. The monoisotopic (exact) mass is 522 g/mol. The lowest BCUT2D eigenvalue weighted by Gasteiger charge is -2.37. The van der Waals surface area contributed by atoms with Gasteiger partial charge in [-0.3, -0.25) is 4.90 Å². The molecule has 2 aliphatic rings. The van der Waals surface area contributed by atoms with E-state index in [1.54, 1.807) is 0 Å². The maximum atomic E-state index is 12.8. The lowest BCUT2D eigenvalue weighted by Crippen LogP contribution is -2.49. The molecule has 4 rings (SSSR count). The molecular weight excluding hydrogens is 489 g/mol. The first-order valence-electron chi connectivity index (χ1n) is 12.5. The van der Waals surface area contributed by atoms with Crippen LogP contribution in [0.4, 0.5) is 18.9 Å². The minimum Gasteiger partial charge on any atom is -0.389 e. The molecule has 1 heterocycles. The lowest BCUT2D eigenvalue weighted by atomic mass is 9.98. The zero-order valence-corrected chi connectivity index (χ0v) is 21.6. The number of aliphatic hydroxyl groups excluding tert-OH is 1. The van der Waals surface area contributed by atoms with Crippen molar-refractivity contribution in [3.05, 3.63) is 69.8 Å². The average molecular weight is 523 g/mol. The lowest BCUT2D eigenvalue weighted by molar-refractivity contribution is -0.137. The molecule has 0 aromatic heterocycles. The van der Waals surface area contributed by atoms with Crippen molar-refractivity contribution < 1.29 is 23.0 Å². The maximum absolute atomic E-state index is 12.8. The SMILES string of the molecule is Cc1cc2c(cc1C)C(Cl)=C(COCC(O)CN1CCN(c3ccc(C(F)(F)F)cc3)CC1)CCC2. The number of piperazine rings is 1. The summed E-state index contributed by atoms with van der Waals surface area (Å²) in [4.78, 5) is 4.23. The molecule has 8 heteroatoms. The predicted molar refractivity (Wildman–Crippen MR) is 139 cm³/mol. The summed E-state index contributed by atoms with van der Waals surface area (Å²) in [6.45, 7) is 8.19. The van der Waals surface area contributed by atoms with Crippen molar-refractivity contribution in [2.24, 2.45) is 0 Å². The second-order valence-corrected chi connectivity index (χ2v) is 10.2. The van der Waals surface area contributed by atoms with E-state index < -0.39 is 17.8 Å². The van der Waals surface area contributed by atoms with Gasteiger partial charge >= 0.3 is 6.18 Å². The van der Waals surface area contributed by atoms with Gasteiger partial charge in [0, 0.05) is 43.4 Å². The number of ether oxygens (including phenoxy) is 1. The van der Waals surface area contributed by atoms with Crippen molar-refractivity contribution in [2.75, 3.05) is 50.8 Å². The average Bonchev–Trinajstić information content (AvgIpc) is 2.98. The van der Waals surface area contributed by atoms with Gasteiger partial charge in [-0.1, -0.05) is 23.7 Å². The highest BCUT2D eigenvalue weighted by Crippen LogP contribution is 2.35. The summed E-state index contributed by atoms with van der Waals surface area (Å²) in [7, 11) is 0. The summed E-state index contributed by atoms with van der Waals surface area (Å²) in [6.07, 6.45) is -2.04. The Labute approximate surface area is 216 Å². The topological polar surface area (TPSA) is 35.9 Å². The number of benzene rings is 2. The Morgan fingerprint density at radius 3 is 2.33 bits per heavy atom. The number of fused-ring (bicyclic) bond motifs is 1. The number of β-amino-alcohol motifs (C(OH)–C–C–N with tert-alkyl or cyclic N) is 1. The quantitative estimate of drug-likeness (QED) is 0.498. The second-order valence-electron chi connectivity index (χ2n) is 9.87. The van der Waals surface area contributed by atoms with Gasteiger partial charge in [-0.2, -0.15) is 13.2 Å². The molecule has 1 unspecified atom stereocenters. The minimum absolute atomic E-state index is 0.229. The normalized spacial score (nSPS) is 18.2. The Hall–Kier alpha value is -2.06. The van der Waals surface area contributed by atoms with Gasteiger partial charge in [0.25, 0.3) is 0 Å². The molecule has 0 amide bonds. The summed E-state index contributed by atoms with van der Waals surface area (Å²) in [5.74, 6) is 0. The number of hydrogen-bond acceptors (Lipinski definition) is 4. The van der Waals surface area contributed by atoms with Crippen LogP contribution in [-0.4, -0.2) is 62.0 Å². The molecule has 0 bridgehead atoms. The zero-order valence-electron chi connectivity index (χ0n) is 20.9. The van der Waals surface area contributed by atoms with Crippen LogP contribution < -0.4 is 4.90 Å². The van der Waals surface area contributed by atoms with E-state index in [2.05, 4.69) is 35.8 Å². The van der Waals surface area contributed by atoms with Crippen molar-refractivity contribution in [3.63, 3.8) is 0 Å². The zero-order chi connectivity index (χ0) is 25.9. The Bertz CT molecular complexity index is 1080. The first kappa shape index (κ1) is 27.0. The highest BCUT2D eigenvalue weighted by atomic mass is 35.5. The van der Waals surface area contributed by atoms with Crippen molar-refractivity contribution in [1.82, 2.24) is 4.90 Å². The molecule has 1 atom stereocenters. The highest BCUT2D eigenvalue weighted by Gasteiger charge is 2.30. The summed E-state index contributed by atoms with van der Waals surface area (Å²) < 4.78 is 44.2. The van der Waals surface area contributed by atoms with Crippen LogP contribution >= 0.6 is 11.6 Å². The molecule has 1 N–H and O–H groups in total. The van der Waals surface area contributed by atoms with Gasteiger partial charge in [-0.25, -0.2) is 0 Å². The molecule has 1 saturated heterocycles. The molecule has 0 spiro atoms. The first-order valence-corrected chi connectivity index (χ1v) is 12.9. The van der Waals surface area contributed by atoms with E-state index >= 15 is 0 Å². The fourth-order valence-corrected chi connectivity index (χ4v) is 5.26. The second kappa shape index (κ2) is 11.5. The number of nitrogens with zero attached hydrogens (tertiary/aromatic N) is 2. The van der Waals surface area contributed by atoms with Crippen LogP contribution in [0.3, 0.4) is 0 Å². The number of rotatable bonds is 7. The van der Waals surface area contributed by atoms with Gasteiger partial charge in [0.1, 0.15) is 0 Å². The molecule has 1 fully saturated rings. The predicted octanol–water partition coefficient (Wildman–Crippen LogP) is 5.81. The van der Waals surface area contributed by atoms with Gasteiger partial charge in [-0.05, 0) is 85.2 Å². The van der Waals surface area contributed by atoms with Crippen LogP contribution in [0.2, 0.25) is 0 Å². The molecule has 4 nitrogen and oxygen atoms in total. The van der Waals surface area contributed by atoms with Crippen LogP contribution in [0.25, 0.3) is 5.03 Å². The Morgan fingerprint density at radius 1 is 1.00 bits per heavy atom. The third kappa shape index (κ3) is 6.62. The number of hydrogen-bond donors (Lipinski definition) is 1. The molecule has 0 saturated carbocycles. The van der Waals surface area contributed by atoms with E-state index in [9.17, 15) is 18.3 Å². The van der Waals surface area contributed by atoms with E-state index in [1.165, 1.54) is 28.8 Å². The van der Waals surface area contributed by atoms with E-state index in [0.717, 1.165) is 66.3 Å². The van der Waals surface area contributed by atoms with E-state index in [0.29, 0.717) is 26.2 Å². The van der Waals surface area contributed by atoms with Crippen LogP contribution in [0.5, 0.6) is 0 Å². The molecule has 36 heavy (non-hydrogen) atoms. The Morgan fingerprint density at radius 2 is 1.67 bits per heavy atom. The van der Waals surface area contributed by atoms with E-state index in [-0.39, 0.29) is 6.61 Å². The molecule has 1 aliphatic carbocycles. The summed E-state index contributed by atoms with van der Waals surface area (Å²) >= 11 is 6.78. The van der Waals surface area contributed by atoms with Crippen molar-refractivity contribution in [3.8, 4) is 0 Å². The fraction of sp³-hybridized carbons (Fsp3) is 0.500. The smallest absolute Gasteiger partial charge is 0.389 e. The van der Waals surface area contributed by atoms with Gasteiger partial charge in [0.15, 0.2) is 0 Å². The molecule has 2 aromatic carbocycles. The number of halogens is 4. The van der Waals surface area contributed by atoms with E-state index in [4.69, 9.17) is 16.3 Å². The Kier molecular flexibility index (Phi) is 8.66. The van der Waals surface area contributed by atoms with Crippen molar-refractivity contribution >= 4 is 22.3 Å². The van der Waals surface area contributed by atoms with Gasteiger partial charge < -0.3 is 14.7 Å². The summed E-state index contributed by atoms with van der Waals surface area (Å²) in [5.41, 5.74) is 6.12. The third-order valence-corrected chi connectivity index (χ3v) is 7.65. The van der Waals surface area contributed by atoms with Crippen LogP contribution in [-0.2, 0) is 17.3 Å². The minimum atomic E-state index is -4.32.